The number of anilines is 2. The van der Waals surface area contributed by atoms with Crippen molar-refractivity contribution in [1.29, 1.82) is 5.26 Å². The molecule has 2 aromatic rings. The molecule has 0 spiro atoms. The van der Waals surface area contributed by atoms with Crippen molar-refractivity contribution < 1.29 is 13.2 Å². The number of hydrogen-bond acceptors (Lipinski definition) is 4. The minimum absolute atomic E-state index is 0.293. The van der Waals surface area contributed by atoms with Crippen molar-refractivity contribution in [1.82, 2.24) is 0 Å². The Morgan fingerprint density at radius 2 is 1.74 bits per heavy atom. The zero-order valence-corrected chi connectivity index (χ0v) is 16.5. The van der Waals surface area contributed by atoms with Crippen LogP contribution in [0, 0.1) is 18.3 Å². The number of nitriles is 1. The molecule has 27 heavy (non-hydrogen) atoms. The first-order chi connectivity index (χ1) is 12.8. The van der Waals surface area contributed by atoms with Gasteiger partial charge in [0.25, 0.3) is 0 Å². The van der Waals surface area contributed by atoms with Crippen LogP contribution in [0.4, 0.5) is 11.4 Å². The average Bonchev–Trinajstić information content (AvgIpc) is 2.61. The van der Waals surface area contributed by atoms with E-state index in [2.05, 4.69) is 11.4 Å². The monoisotopic (exact) mass is 385 g/mol. The van der Waals surface area contributed by atoms with Crippen LogP contribution in [-0.4, -0.2) is 26.6 Å². The number of nitrogens with zero attached hydrogens (tertiary/aromatic N) is 2. The molecule has 0 fully saturated rings. The van der Waals surface area contributed by atoms with Gasteiger partial charge in [-0.1, -0.05) is 36.8 Å². The summed E-state index contributed by atoms with van der Waals surface area (Å²) in [6.07, 6.45) is 1.71. The van der Waals surface area contributed by atoms with Gasteiger partial charge in [-0.3, -0.25) is 9.10 Å². The third-order valence-electron chi connectivity index (χ3n) is 4.12. The fraction of sp³-hybridized carbons (Fsp3) is 0.300. The van der Waals surface area contributed by atoms with Crippen LogP contribution in [0.2, 0.25) is 0 Å². The molecule has 1 N–H and O–H groups in total. The predicted molar refractivity (Wildman–Crippen MR) is 107 cm³/mol. The molecule has 6 nitrogen and oxygen atoms in total. The van der Waals surface area contributed by atoms with Crippen LogP contribution in [-0.2, 0) is 21.2 Å². The zero-order valence-electron chi connectivity index (χ0n) is 15.6. The molecule has 1 atom stereocenters. The second kappa shape index (κ2) is 8.69. The van der Waals surface area contributed by atoms with Gasteiger partial charge in [-0.15, -0.1) is 0 Å². The van der Waals surface area contributed by atoms with Crippen LogP contribution in [0.3, 0.4) is 0 Å². The number of aryl methyl sites for hydroxylation is 1. The number of hydrogen-bond donors (Lipinski definition) is 1. The maximum absolute atomic E-state index is 12.8. The van der Waals surface area contributed by atoms with Crippen LogP contribution in [0.1, 0.15) is 24.5 Å². The van der Waals surface area contributed by atoms with Gasteiger partial charge in [0.15, 0.2) is 0 Å². The van der Waals surface area contributed by atoms with Gasteiger partial charge in [0.05, 0.1) is 24.4 Å². The summed E-state index contributed by atoms with van der Waals surface area (Å²) in [6.45, 7) is 3.68. The predicted octanol–water partition coefficient (Wildman–Crippen LogP) is 3.24. The maximum atomic E-state index is 12.8. The highest BCUT2D eigenvalue weighted by Crippen LogP contribution is 2.24. The quantitative estimate of drug-likeness (QED) is 0.792. The highest BCUT2D eigenvalue weighted by Gasteiger charge is 2.31. The highest BCUT2D eigenvalue weighted by atomic mass is 32.2. The van der Waals surface area contributed by atoms with E-state index in [1.54, 1.807) is 43.3 Å². The van der Waals surface area contributed by atoms with Gasteiger partial charge in [0.2, 0.25) is 15.9 Å². The Kier molecular flexibility index (Phi) is 6.59. The molecule has 0 unspecified atom stereocenters. The number of carbonyl (C=O) groups excluding carboxylic acids is 1. The molecular formula is C20H23N3O3S. The number of carbonyl (C=O) groups is 1. The van der Waals surface area contributed by atoms with Crippen LogP contribution in [0.5, 0.6) is 0 Å². The normalized spacial score (nSPS) is 12.1. The average molecular weight is 385 g/mol. The lowest BCUT2D eigenvalue weighted by atomic mass is 10.1. The minimum Gasteiger partial charge on any atom is -0.324 e. The first kappa shape index (κ1) is 20.5. The van der Waals surface area contributed by atoms with Crippen LogP contribution in [0.15, 0.2) is 48.5 Å². The number of nitrogens with one attached hydrogen (secondary N) is 1. The molecule has 0 aliphatic heterocycles. The van der Waals surface area contributed by atoms with Crippen molar-refractivity contribution in [3.63, 3.8) is 0 Å². The van der Waals surface area contributed by atoms with Crippen molar-refractivity contribution >= 4 is 27.3 Å². The van der Waals surface area contributed by atoms with Crippen molar-refractivity contribution in [2.45, 2.75) is 32.7 Å². The summed E-state index contributed by atoms with van der Waals surface area (Å²) in [6, 6.07) is 15.1. The summed E-state index contributed by atoms with van der Waals surface area (Å²) in [5.74, 6) is -0.406. The molecule has 0 radical (unpaired) electrons. The second-order valence-corrected chi connectivity index (χ2v) is 8.20. The van der Waals surface area contributed by atoms with Gasteiger partial charge in [-0.2, -0.15) is 5.26 Å². The molecule has 2 aromatic carbocycles. The molecule has 7 heteroatoms. The van der Waals surface area contributed by atoms with Gasteiger partial charge in [-0.05, 0) is 43.2 Å². The first-order valence-electron chi connectivity index (χ1n) is 8.59. The van der Waals surface area contributed by atoms with E-state index in [1.165, 1.54) is 0 Å². The maximum Gasteiger partial charge on any atom is 0.248 e. The molecule has 1 amide bonds. The van der Waals surface area contributed by atoms with Gasteiger partial charge in [0.1, 0.15) is 6.04 Å². The number of sulfonamides is 1. The van der Waals surface area contributed by atoms with E-state index >= 15 is 0 Å². The Morgan fingerprint density at radius 1 is 1.15 bits per heavy atom. The van der Waals surface area contributed by atoms with E-state index in [-0.39, 0.29) is 0 Å². The fourth-order valence-corrected chi connectivity index (χ4v) is 3.99. The number of benzene rings is 2. The number of amides is 1. The number of rotatable bonds is 7. The minimum atomic E-state index is -3.66. The van der Waals surface area contributed by atoms with Gasteiger partial charge in [0, 0.05) is 5.69 Å². The van der Waals surface area contributed by atoms with E-state index < -0.39 is 22.0 Å². The van der Waals surface area contributed by atoms with E-state index in [9.17, 15) is 13.2 Å². The Bertz CT molecular complexity index is 930. The summed E-state index contributed by atoms with van der Waals surface area (Å²) in [4.78, 5) is 12.8. The Labute approximate surface area is 160 Å². The SMILES string of the molecule is CC[C@@H](C(=O)Nc1ccc(CC#N)cc1)N(c1ccc(C)cc1)S(C)(=O)=O. The smallest absolute Gasteiger partial charge is 0.248 e. The van der Waals surface area contributed by atoms with Gasteiger partial charge >= 0.3 is 0 Å². The lowest BCUT2D eigenvalue weighted by Gasteiger charge is -2.30. The largest absolute Gasteiger partial charge is 0.324 e. The highest BCUT2D eigenvalue weighted by molar-refractivity contribution is 7.92. The molecule has 0 aliphatic carbocycles. The standard InChI is InChI=1S/C20H23N3O3S/c1-4-19(20(24)22-17-9-7-16(8-10-17)13-14-21)23(27(3,25)26)18-11-5-15(2)6-12-18/h5-12,19H,4,13H2,1-3H3,(H,22,24)/t19-/m0/s1. The van der Waals surface area contributed by atoms with E-state index in [4.69, 9.17) is 5.26 Å². The topological polar surface area (TPSA) is 90.3 Å². The van der Waals surface area contributed by atoms with Crippen LogP contribution >= 0.6 is 0 Å². The molecule has 0 saturated carbocycles. The van der Waals surface area contributed by atoms with Crippen molar-refractivity contribution in [2.75, 3.05) is 15.9 Å². The lowest BCUT2D eigenvalue weighted by Crippen LogP contribution is -2.47. The van der Waals surface area contributed by atoms with Crippen LogP contribution < -0.4 is 9.62 Å². The summed E-state index contributed by atoms with van der Waals surface area (Å²) in [5.41, 5.74) is 2.86. The summed E-state index contributed by atoms with van der Waals surface area (Å²) >= 11 is 0. The molecule has 0 aromatic heterocycles. The van der Waals surface area contributed by atoms with Gasteiger partial charge in [-0.25, -0.2) is 8.42 Å². The molecule has 2 rings (SSSR count). The summed E-state index contributed by atoms with van der Waals surface area (Å²) < 4.78 is 26.0. The second-order valence-electron chi connectivity index (χ2n) is 6.34. The van der Waals surface area contributed by atoms with Crippen molar-refractivity contribution in [2.24, 2.45) is 0 Å². The van der Waals surface area contributed by atoms with Crippen LogP contribution in [0.25, 0.3) is 0 Å². The summed E-state index contributed by atoms with van der Waals surface area (Å²) in [7, 11) is -3.66. The first-order valence-corrected chi connectivity index (χ1v) is 10.4. The molecule has 142 valence electrons. The van der Waals surface area contributed by atoms with Gasteiger partial charge < -0.3 is 5.32 Å². The van der Waals surface area contributed by atoms with E-state index in [0.29, 0.717) is 24.2 Å². The lowest BCUT2D eigenvalue weighted by molar-refractivity contribution is -0.117. The Hall–Kier alpha value is -2.85. The Balaban J connectivity index is 2.29. The Morgan fingerprint density at radius 3 is 2.22 bits per heavy atom. The summed E-state index contributed by atoms with van der Waals surface area (Å²) in [5, 5.41) is 11.5. The molecule has 0 bridgehead atoms. The molecule has 0 saturated heterocycles. The third-order valence-corrected chi connectivity index (χ3v) is 5.30. The van der Waals surface area contributed by atoms with Crippen molar-refractivity contribution in [3.8, 4) is 6.07 Å². The fourth-order valence-electron chi connectivity index (χ4n) is 2.77. The molecule has 0 aliphatic rings. The zero-order chi connectivity index (χ0) is 20.0. The van der Waals surface area contributed by atoms with E-state index in [1.807, 2.05) is 19.1 Å². The molecular weight excluding hydrogens is 362 g/mol. The molecule has 0 heterocycles. The van der Waals surface area contributed by atoms with Crippen molar-refractivity contribution in [3.05, 3.63) is 59.7 Å². The van der Waals surface area contributed by atoms with E-state index in [0.717, 1.165) is 21.7 Å². The third kappa shape index (κ3) is 5.31.